The summed E-state index contributed by atoms with van der Waals surface area (Å²) in [4.78, 5) is 25.9. The van der Waals surface area contributed by atoms with Gasteiger partial charge in [-0.05, 0) is 18.4 Å². The van der Waals surface area contributed by atoms with E-state index in [1.54, 1.807) is 6.92 Å². The van der Waals surface area contributed by atoms with Crippen LogP contribution in [-0.4, -0.2) is 47.1 Å². The van der Waals surface area contributed by atoms with Crippen molar-refractivity contribution in [2.24, 2.45) is 0 Å². The van der Waals surface area contributed by atoms with E-state index in [9.17, 15) is 14.7 Å². The summed E-state index contributed by atoms with van der Waals surface area (Å²) in [5, 5.41) is 14.2. The molecule has 0 aromatic carbocycles. The van der Waals surface area contributed by atoms with Crippen LogP contribution in [0, 0.1) is 0 Å². The van der Waals surface area contributed by atoms with Gasteiger partial charge in [-0.15, -0.1) is 11.3 Å². The molecule has 0 aliphatic carbocycles. The van der Waals surface area contributed by atoms with E-state index < -0.39 is 12.0 Å². The van der Waals surface area contributed by atoms with Gasteiger partial charge in [0, 0.05) is 24.0 Å². The highest BCUT2D eigenvalue weighted by Gasteiger charge is 2.36. The highest BCUT2D eigenvalue weighted by atomic mass is 32.1. The third kappa shape index (κ3) is 2.70. The number of carbonyl (C=O) groups is 2. The Morgan fingerprint density at radius 2 is 2.39 bits per heavy atom. The van der Waals surface area contributed by atoms with E-state index in [0.29, 0.717) is 13.1 Å². The highest BCUT2D eigenvalue weighted by Crippen LogP contribution is 2.15. The number of aliphatic carboxylic acids is 1. The number of hydrogen-bond acceptors (Lipinski definition) is 4. The summed E-state index contributed by atoms with van der Waals surface area (Å²) in [5.41, 5.74) is 0. The zero-order valence-corrected chi connectivity index (χ0v) is 10.9. The maximum atomic E-state index is 12.2. The second-order valence-electron chi connectivity index (χ2n) is 4.37. The summed E-state index contributed by atoms with van der Waals surface area (Å²) in [5.74, 6) is -1.06. The van der Waals surface area contributed by atoms with Gasteiger partial charge in [-0.3, -0.25) is 4.79 Å². The molecule has 2 rings (SSSR count). The first-order valence-electron chi connectivity index (χ1n) is 5.87. The largest absolute Gasteiger partial charge is 0.480 e. The molecule has 1 aliphatic heterocycles. The Balaban J connectivity index is 2.09. The summed E-state index contributed by atoms with van der Waals surface area (Å²) in [6.45, 7) is 2.88. The minimum atomic E-state index is -0.950. The van der Waals surface area contributed by atoms with Crippen molar-refractivity contribution in [1.29, 1.82) is 0 Å². The van der Waals surface area contributed by atoms with Gasteiger partial charge < -0.3 is 15.3 Å². The molecule has 0 spiro atoms. The number of nitrogens with one attached hydrogen (secondary N) is 1. The lowest BCUT2D eigenvalue weighted by Crippen LogP contribution is -2.61. The molecule has 5 nitrogen and oxygen atoms in total. The fourth-order valence-corrected chi connectivity index (χ4v) is 2.92. The normalized spacial score (nSPS) is 23.9. The molecule has 0 radical (unpaired) electrons. The predicted octanol–water partition coefficient (Wildman–Crippen LogP) is 0.564. The predicted molar refractivity (Wildman–Crippen MR) is 68.6 cm³/mol. The molecule has 1 saturated heterocycles. The van der Waals surface area contributed by atoms with Gasteiger partial charge in [0.05, 0.1) is 6.42 Å². The second-order valence-corrected chi connectivity index (χ2v) is 5.40. The fourth-order valence-electron chi connectivity index (χ4n) is 2.22. The molecule has 18 heavy (non-hydrogen) atoms. The lowest BCUT2D eigenvalue weighted by atomic mass is 10.0. The van der Waals surface area contributed by atoms with Gasteiger partial charge >= 0.3 is 5.97 Å². The van der Waals surface area contributed by atoms with E-state index in [-0.39, 0.29) is 18.4 Å². The third-order valence-corrected chi connectivity index (χ3v) is 3.98. The van der Waals surface area contributed by atoms with Gasteiger partial charge in [0.1, 0.15) is 6.04 Å². The quantitative estimate of drug-likeness (QED) is 0.840. The van der Waals surface area contributed by atoms with Crippen LogP contribution in [0.25, 0.3) is 0 Å². The zero-order chi connectivity index (χ0) is 13.1. The van der Waals surface area contributed by atoms with Gasteiger partial charge in [0.15, 0.2) is 0 Å². The minimum Gasteiger partial charge on any atom is -0.480 e. The molecule has 1 fully saturated rings. The summed E-state index contributed by atoms with van der Waals surface area (Å²) in [6, 6.07) is 2.79. The number of carboxylic acids is 1. The van der Waals surface area contributed by atoms with Gasteiger partial charge in [-0.1, -0.05) is 6.07 Å². The van der Waals surface area contributed by atoms with E-state index in [1.165, 1.54) is 16.2 Å². The molecule has 2 unspecified atom stereocenters. The Labute approximate surface area is 109 Å². The summed E-state index contributed by atoms with van der Waals surface area (Å²) in [6.07, 6.45) is 0.286. The number of carbonyl (C=O) groups excluding carboxylic acids is 1. The van der Waals surface area contributed by atoms with Crippen LogP contribution in [0.5, 0.6) is 0 Å². The monoisotopic (exact) mass is 268 g/mol. The van der Waals surface area contributed by atoms with Crippen LogP contribution >= 0.6 is 11.3 Å². The standard InChI is InChI=1S/C12H16N2O3S/c1-8-11(12(16)17)14(5-4-13-8)10(15)7-9-3-2-6-18-9/h2-3,6,8,11,13H,4-5,7H2,1H3,(H,16,17). The Kier molecular flexibility index (Phi) is 3.98. The lowest BCUT2D eigenvalue weighted by Gasteiger charge is -2.38. The lowest BCUT2D eigenvalue weighted by molar-refractivity contribution is -0.152. The van der Waals surface area contributed by atoms with Crippen molar-refractivity contribution in [2.45, 2.75) is 25.4 Å². The molecule has 1 aromatic rings. The smallest absolute Gasteiger partial charge is 0.328 e. The van der Waals surface area contributed by atoms with Gasteiger partial charge in [0.2, 0.25) is 5.91 Å². The van der Waals surface area contributed by atoms with Crippen molar-refractivity contribution in [3.63, 3.8) is 0 Å². The Morgan fingerprint density at radius 1 is 1.61 bits per heavy atom. The van der Waals surface area contributed by atoms with Crippen LogP contribution in [0.3, 0.4) is 0 Å². The molecule has 0 saturated carbocycles. The molecular formula is C12H16N2O3S. The van der Waals surface area contributed by atoms with Crippen LogP contribution in [0.4, 0.5) is 0 Å². The Hall–Kier alpha value is -1.40. The average molecular weight is 268 g/mol. The number of amides is 1. The molecule has 1 amide bonds. The highest BCUT2D eigenvalue weighted by molar-refractivity contribution is 7.10. The number of piperazine rings is 1. The van der Waals surface area contributed by atoms with Crippen LogP contribution in [-0.2, 0) is 16.0 Å². The first kappa shape index (κ1) is 13.0. The Bertz CT molecular complexity index is 433. The van der Waals surface area contributed by atoms with Crippen LogP contribution in [0.2, 0.25) is 0 Å². The number of thiophene rings is 1. The Morgan fingerprint density at radius 3 is 3.00 bits per heavy atom. The molecule has 6 heteroatoms. The van der Waals surface area contributed by atoms with E-state index in [1.807, 2.05) is 17.5 Å². The topological polar surface area (TPSA) is 69.6 Å². The van der Waals surface area contributed by atoms with Crippen LogP contribution in [0.15, 0.2) is 17.5 Å². The molecule has 1 aliphatic rings. The van der Waals surface area contributed by atoms with E-state index in [0.717, 1.165) is 4.88 Å². The molecule has 2 N–H and O–H groups in total. The fraction of sp³-hybridized carbons (Fsp3) is 0.500. The summed E-state index contributed by atoms with van der Waals surface area (Å²) in [7, 11) is 0. The molecule has 2 atom stereocenters. The van der Waals surface area contributed by atoms with Gasteiger partial charge in [-0.25, -0.2) is 4.79 Å². The SMILES string of the molecule is CC1NCCN(C(=O)Cc2cccs2)C1C(=O)O. The number of hydrogen-bond donors (Lipinski definition) is 2. The molecule has 98 valence electrons. The van der Waals surface area contributed by atoms with Crippen LogP contribution < -0.4 is 5.32 Å². The van der Waals surface area contributed by atoms with Crippen molar-refractivity contribution in [3.05, 3.63) is 22.4 Å². The molecule has 0 bridgehead atoms. The van der Waals surface area contributed by atoms with Crippen molar-refractivity contribution < 1.29 is 14.7 Å². The first-order valence-corrected chi connectivity index (χ1v) is 6.75. The summed E-state index contributed by atoms with van der Waals surface area (Å²) >= 11 is 1.52. The minimum absolute atomic E-state index is 0.113. The van der Waals surface area contributed by atoms with E-state index >= 15 is 0 Å². The van der Waals surface area contributed by atoms with E-state index in [2.05, 4.69) is 5.32 Å². The van der Waals surface area contributed by atoms with Crippen molar-refractivity contribution in [3.8, 4) is 0 Å². The first-order chi connectivity index (χ1) is 8.59. The number of carboxylic acid groups (broad SMARTS) is 1. The number of nitrogens with zero attached hydrogens (tertiary/aromatic N) is 1. The van der Waals surface area contributed by atoms with Crippen molar-refractivity contribution in [2.75, 3.05) is 13.1 Å². The van der Waals surface area contributed by atoms with Crippen molar-refractivity contribution >= 4 is 23.2 Å². The molecular weight excluding hydrogens is 252 g/mol. The maximum absolute atomic E-state index is 12.2. The molecule has 1 aromatic heterocycles. The van der Waals surface area contributed by atoms with Crippen molar-refractivity contribution in [1.82, 2.24) is 10.2 Å². The maximum Gasteiger partial charge on any atom is 0.328 e. The van der Waals surface area contributed by atoms with Gasteiger partial charge in [0.25, 0.3) is 0 Å². The average Bonchev–Trinajstić information content (AvgIpc) is 2.80. The summed E-state index contributed by atoms with van der Waals surface area (Å²) < 4.78 is 0. The third-order valence-electron chi connectivity index (χ3n) is 3.11. The molecule has 2 heterocycles. The van der Waals surface area contributed by atoms with E-state index in [4.69, 9.17) is 0 Å². The van der Waals surface area contributed by atoms with Crippen LogP contribution in [0.1, 0.15) is 11.8 Å². The van der Waals surface area contributed by atoms with Gasteiger partial charge in [-0.2, -0.15) is 0 Å². The second kappa shape index (κ2) is 5.49. The zero-order valence-electron chi connectivity index (χ0n) is 10.1. The number of rotatable bonds is 3.